The summed E-state index contributed by atoms with van der Waals surface area (Å²) in [6.45, 7) is 5.82. The van der Waals surface area contributed by atoms with Crippen LogP contribution in [0.1, 0.15) is 195 Å². The van der Waals surface area contributed by atoms with Gasteiger partial charge in [-0.1, -0.05) is 269 Å². The number of carbonyl (C=O) groups excluding carboxylic acids is 1. The molecule has 0 aliphatic carbocycles. The van der Waals surface area contributed by atoms with Gasteiger partial charge in [-0.25, -0.2) is 0 Å². The molecule has 0 amide bonds. The Hall–Kier alpha value is -4.71. The van der Waals surface area contributed by atoms with Gasteiger partial charge in [-0.15, -0.1) is 0 Å². The van der Waals surface area contributed by atoms with E-state index in [1.807, 2.05) is 84.9 Å². The molecule has 0 bridgehead atoms. The number of carbonyl (C=O) groups is 1. The zero-order valence-electron chi connectivity index (χ0n) is 49.8. The maximum atomic E-state index is 14.0. The summed E-state index contributed by atoms with van der Waals surface area (Å²) in [5.41, 5.74) is 5.39. The Bertz CT molecular complexity index is 2260. The van der Waals surface area contributed by atoms with Gasteiger partial charge >= 0.3 is 0 Å². The quantitative estimate of drug-likeness (QED) is 0.0353. The lowest BCUT2D eigenvalue weighted by Crippen LogP contribution is -2.62. The second kappa shape index (κ2) is 42.1. The van der Waals surface area contributed by atoms with Gasteiger partial charge in [-0.2, -0.15) is 0 Å². The van der Waals surface area contributed by atoms with Gasteiger partial charge in [0.2, 0.25) is 0 Å². The Morgan fingerprint density at radius 2 is 0.852 bits per heavy atom. The van der Waals surface area contributed by atoms with Crippen LogP contribution >= 0.6 is 0 Å². The molecule has 0 spiro atoms. The zero-order valence-corrected chi connectivity index (χ0v) is 49.8. The normalized spacial score (nSPS) is 17.5. The molecule has 81 heavy (non-hydrogen) atoms. The van der Waals surface area contributed by atoms with Crippen molar-refractivity contribution in [1.29, 1.82) is 0 Å². The number of benzene rings is 5. The molecule has 1 fully saturated rings. The first-order chi connectivity index (χ1) is 40.1. The van der Waals surface area contributed by atoms with Gasteiger partial charge in [0.1, 0.15) is 35.9 Å². The molecular formula is C72H102O9. The number of hydrogen-bond donors (Lipinski definition) is 0. The number of Topliss-reactive ketones (excluding diaryl/α,β-unsaturated/α-hetero) is 1. The van der Waals surface area contributed by atoms with E-state index in [2.05, 4.69) is 67.6 Å². The Morgan fingerprint density at radius 1 is 0.432 bits per heavy atom. The van der Waals surface area contributed by atoms with Gasteiger partial charge in [0, 0.05) is 19.4 Å². The molecule has 5 aromatic carbocycles. The van der Waals surface area contributed by atoms with E-state index in [-0.39, 0.29) is 12.5 Å². The molecule has 0 radical (unpaired) electrons. The van der Waals surface area contributed by atoms with Crippen LogP contribution in [0, 0.1) is 5.92 Å². The fourth-order valence-corrected chi connectivity index (χ4v) is 10.9. The summed E-state index contributed by atoms with van der Waals surface area (Å²) >= 11 is 0. The predicted octanol–water partition coefficient (Wildman–Crippen LogP) is 17.9. The lowest BCUT2D eigenvalue weighted by atomic mass is 9.93. The summed E-state index contributed by atoms with van der Waals surface area (Å²) in [5.74, 6) is 1.25. The molecule has 6 rings (SSSR count). The molecule has 0 N–H and O–H groups in total. The monoisotopic (exact) mass is 1110 g/mol. The average Bonchev–Trinajstić information content (AvgIpc) is 3.54. The van der Waals surface area contributed by atoms with Crippen LogP contribution in [0.5, 0.6) is 5.75 Å². The molecule has 2 unspecified atom stereocenters. The molecule has 0 aromatic heterocycles. The first-order valence-electron chi connectivity index (χ1n) is 31.7. The fourth-order valence-electron chi connectivity index (χ4n) is 10.9. The van der Waals surface area contributed by atoms with E-state index < -0.39 is 30.7 Å². The van der Waals surface area contributed by atoms with E-state index in [4.69, 9.17) is 37.9 Å². The first kappa shape index (κ1) is 65.4. The van der Waals surface area contributed by atoms with Crippen LogP contribution < -0.4 is 4.74 Å². The second-order valence-electron chi connectivity index (χ2n) is 22.6. The number of hydrogen-bond acceptors (Lipinski definition) is 9. The summed E-state index contributed by atoms with van der Waals surface area (Å²) in [7, 11) is 1.69. The van der Waals surface area contributed by atoms with Crippen LogP contribution in [0.15, 0.2) is 146 Å². The van der Waals surface area contributed by atoms with Crippen molar-refractivity contribution < 1.29 is 42.7 Å². The van der Waals surface area contributed by atoms with Crippen LogP contribution in [0.2, 0.25) is 0 Å². The van der Waals surface area contributed by atoms with Crippen LogP contribution in [0.3, 0.4) is 0 Å². The minimum Gasteiger partial charge on any atom is -0.497 e. The molecule has 1 aliphatic heterocycles. The Morgan fingerprint density at radius 3 is 1.36 bits per heavy atom. The molecule has 1 saturated heterocycles. The van der Waals surface area contributed by atoms with Crippen molar-refractivity contribution >= 4 is 5.78 Å². The molecule has 0 saturated carbocycles. The third kappa shape index (κ3) is 27.9. The van der Waals surface area contributed by atoms with Crippen molar-refractivity contribution in [3.05, 3.63) is 173 Å². The highest BCUT2D eigenvalue weighted by molar-refractivity contribution is 5.78. The van der Waals surface area contributed by atoms with Gasteiger partial charge in [0.05, 0.1) is 53.4 Å². The molecule has 9 nitrogen and oxygen atoms in total. The lowest BCUT2D eigenvalue weighted by Gasteiger charge is -2.46. The fraction of sp³-hybridized carbons (Fsp3) is 0.569. The minimum absolute atomic E-state index is 0.0527. The standard InChI is InChI=1S/C72H102O9/c1-3-4-5-6-7-8-9-10-11-12-13-16-19-26-45-65(52-66(73)46-35-20-17-14-15-18-21-36-51-75-53-64-47-49-67(74-2)50-48-64)58-80-72-71(79-57-63-43-33-25-34-44-63)70(78-56-62-41-31-24-32-42-62)69(77-55-61-39-29-23-30-40-61)68(81-72)59-76-54-60-37-27-22-28-38-60/h22-25,27-34,37-44,47-50,65,68-72H,3-21,26,35-36,45-46,51-59H2,1-2H3/t65?,68?,69-,70-,71+,72-/m0/s1. The van der Waals surface area contributed by atoms with Crippen molar-refractivity contribution in [2.45, 2.75) is 231 Å². The summed E-state index contributed by atoms with van der Waals surface area (Å²) in [6.07, 6.45) is 26.3. The van der Waals surface area contributed by atoms with Crippen molar-refractivity contribution in [2.75, 3.05) is 26.9 Å². The predicted molar refractivity (Wildman–Crippen MR) is 328 cm³/mol. The molecule has 1 heterocycles. The summed E-state index contributed by atoms with van der Waals surface area (Å²) in [6, 6.07) is 49.0. The van der Waals surface area contributed by atoms with E-state index >= 15 is 0 Å². The topological polar surface area (TPSA) is 90.9 Å². The Balaban J connectivity index is 1.07. The number of ketones is 1. The van der Waals surface area contributed by atoms with E-state index in [9.17, 15) is 4.79 Å². The maximum absolute atomic E-state index is 14.0. The van der Waals surface area contributed by atoms with Crippen molar-refractivity contribution in [1.82, 2.24) is 0 Å². The summed E-state index contributed by atoms with van der Waals surface area (Å²) in [4.78, 5) is 14.0. The molecule has 6 atom stereocenters. The average molecular weight is 1110 g/mol. The van der Waals surface area contributed by atoms with Gasteiger partial charge in [-0.05, 0) is 65.1 Å². The maximum Gasteiger partial charge on any atom is 0.186 e. The van der Waals surface area contributed by atoms with Crippen LogP contribution in [0.25, 0.3) is 0 Å². The molecule has 1 aliphatic rings. The SMILES string of the molecule is CCCCCCCCCCCCCCCCC(CO[C@H]1OC(COCc2ccccc2)[C@H](OCc2ccccc2)[C@H](OCc2ccccc2)[C@H]1OCc1ccccc1)CC(=O)CCCCCCCCCCOCc1ccc(OC)cc1. The van der Waals surface area contributed by atoms with Crippen molar-refractivity contribution in [3.63, 3.8) is 0 Å². The largest absolute Gasteiger partial charge is 0.497 e. The third-order valence-electron chi connectivity index (χ3n) is 15.7. The van der Waals surface area contributed by atoms with Gasteiger partial charge in [0.25, 0.3) is 0 Å². The lowest BCUT2D eigenvalue weighted by molar-refractivity contribution is -0.330. The van der Waals surface area contributed by atoms with Gasteiger partial charge < -0.3 is 37.9 Å². The molecule has 5 aromatic rings. The van der Waals surface area contributed by atoms with E-state index in [1.165, 1.54) is 108 Å². The molecule has 9 heteroatoms. The summed E-state index contributed by atoms with van der Waals surface area (Å²) < 4.78 is 52.7. The second-order valence-corrected chi connectivity index (χ2v) is 22.6. The highest BCUT2D eigenvalue weighted by Gasteiger charge is 2.49. The van der Waals surface area contributed by atoms with Crippen LogP contribution in [0.4, 0.5) is 0 Å². The van der Waals surface area contributed by atoms with Crippen LogP contribution in [-0.4, -0.2) is 63.4 Å². The van der Waals surface area contributed by atoms with Crippen molar-refractivity contribution in [2.24, 2.45) is 5.92 Å². The Labute approximate surface area is 489 Å². The smallest absolute Gasteiger partial charge is 0.186 e. The van der Waals surface area contributed by atoms with Gasteiger partial charge in [-0.3, -0.25) is 4.79 Å². The molecule has 444 valence electrons. The number of methoxy groups -OCH3 is 1. The van der Waals surface area contributed by atoms with Crippen LogP contribution in [-0.2, 0) is 71.0 Å². The Kier molecular flexibility index (Phi) is 34.1. The van der Waals surface area contributed by atoms with Crippen molar-refractivity contribution in [3.8, 4) is 5.75 Å². The summed E-state index contributed by atoms with van der Waals surface area (Å²) in [5, 5.41) is 0. The number of ether oxygens (including phenoxy) is 8. The third-order valence-corrected chi connectivity index (χ3v) is 15.7. The van der Waals surface area contributed by atoms with E-state index in [0.29, 0.717) is 58.3 Å². The minimum atomic E-state index is -0.808. The van der Waals surface area contributed by atoms with E-state index in [1.54, 1.807) is 7.11 Å². The highest BCUT2D eigenvalue weighted by atomic mass is 16.7. The zero-order chi connectivity index (χ0) is 56.5. The van der Waals surface area contributed by atoms with Gasteiger partial charge in [0.15, 0.2) is 6.29 Å². The molecular weight excluding hydrogens is 1010 g/mol. The number of rotatable bonds is 47. The highest BCUT2D eigenvalue weighted by Crippen LogP contribution is 2.33. The van der Waals surface area contributed by atoms with E-state index in [0.717, 1.165) is 79.6 Å². The first-order valence-corrected chi connectivity index (χ1v) is 31.7. The number of unbranched alkanes of at least 4 members (excludes halogenated alkanes) is 20.